The van der Waals surface area contributed by atoms with Crippen molar-refractivity contribution < 1.29 is 5.11 Å². The Morgan fingerprint density at radius 3 is 3.11 bits per heavy atom. The topological polar surface area (TPSA) is 45.2 Å². The molecule has 1 fully saturated rings. The molecule has 1 aliphatic rings. The minimum atomic E-state index is -0.581. The first-order chi connectivity index (χ1) is 8.50. The normalized spacial score (nSPS) is 28.1. The molecule has 1 saturated carbocycles. The maximum Gasteiger partial charge on any atom is 0.140 e. The molecule has 0 bridgehead atoms. The summed E-state index contributed by atoms with van der Waals surface area (Å²) in [5.41, 5.74) is 0.569. The minimum absolute atomic E-state index is 0.576. The van der Waals surface area contributed by atoms with E-state index in [9.17, 15) is 5.11 Å². The predicted octanol–water partition coefficient (Wildman–Crippen LogP) is 3.51. The Hall–Kier alpha value is -0.610. The van der Waals surface area contributed by atoms with Gasteiger partial charge in [0.2, 0.25) is 0 Å². The Kier molecular flexibility index (Phi) is 4.28. The molecule has 18 heavy (non-hydrogen) atoms. The van der Waals surface area contributed by atoms with E-state index in [1.165, 1.54) is 6.42 Å². The van der Waals surface area contributed by atoms with E-state index in [4.69, 9.17) is 0 Å². The Bertz CT molecular complexity index is 424. The Morgan fingerprint density at radius 2 is 2.39 bits per heavy atom. The monoisotopic (exact) mass is 312 g/mol. The first-order valence-electron chi connectivity index (χ1n) is 6.57. The molecule has 100 valence electrons. The van der Waals surface area contributed by atoms with E-state index in [0.29, 0.717) is 12.5 Å². The van der Waals surface area contributed by atoms with E-state index >= 15 is 0 Å². The number of anilines is 1. The van der Waals surface area contributed by atoms with Crippen molar-refractivity contribution in [3.63, 3.8) is 0 Å². The Morgan fingerprint density at radius 1 is 1.61 bits per heavy atom. The second kappa shape index (κ2) is 5.57. The first kappa shape index (κ1) is 13.8. The lowest BCUT2D eigenvalue weighted by molar-refractivity contribution is -0.000838. The lowest BCUT2D eigenvalue weighted by Crippen LogP contribution is -2.41. The smallest absolute Gasteiger partial charge is 0.140 e. The number of rotatable bonds is 3. The fraction of sp³-hybridized carbons (Fsp3) is 0.643. The lowest BCUT2D eigenvalue weighted by atomic mass is 9.79. The highest BCUT2D eigenvalue weighted by Gasteiger charge is 2.32. The van der Waals surface area contributed by atoms with Crippen LogP contribution in [-0.2, 0) is 0 Å². The first-order valence-corrected chi connectivity index (χ1v) is 7.37. The molecule has 0 aromatic carbocycles. The average Bonchev–Trinajstić information content (AvgIpc) is 2.31. The number of aliphatic hydroxyl groups is 1. The fourth-order valence-electron chi connectivity index (χ4n) is 2.70. The van der Waals surface area contributed by atoms with Gasteiger partial charge < -0.3 is 10.4 Å². The van der Waals surface area contributed by atoms with Crippen LogP contribution >= 0.6 is 15.9 Å². The Balaban J connectivity index is 2.00. The fourth-order valence-corrected chi connectivity index (χ4v) is 3.08. The van der Waals surface area contributed by atoms with Gasteiger partial charge in [-0.1, -0.05) is 19.8 Å². The van der Waals surface area contributed by atoms with Gasteiger partial charge in [-0.25, -0.2) is 4.98 Å². The zero-order chi connectivity index (χ0) is 13.2. The number of aromatic nitrogens is 1. The van der Waals surface area contributed by atoms with Crippen molar-refractivity contribution in [3.8, 4) is 0 Å². The van der Waals surface area contributed by atoms with Gasteiger partial charge in [0.15, 0.2) is 0 Å². The zero-order valence-electron chi connectivity index (χ0n) is 11.0. The van der Waals surface area contributed by atoms with Crippen molar-refractivity contribution in [1.82, 2.24) is 4.98 Å². The van der Waals surface area contributed by atoms with Crippen molar-refractivity contribution >= 4 is 21.7 Å². The van der Waals surface area contributed by atoms with Crippen LogP contribution in [0.1, 0.15) is 38.2 Å². The largest absolute Gasteiger partial charge is 0.388 e. The molecular formula is C14H21BrN2O. The van der Waals surface area contributed by atoms with E-state index in [1.807, 2.05) is 13.0 Å². The molecule has 2 N–H and O–H groups in total. The summed E-state index contributed by atoms with van der Waals surface area (Å²) in [6.45, 7) is 4.83. The number of hydrogen-bond donors (Lipinski definition) is 2. The van der Waals surface area contributed by atoms with Crippen LogP contribution in [0.2, 0.25) is 0 Å². The highest BCUT2D eigenvalue weighted by molar-refractivity contribution is 9.10. The average molecular weight is 313 g/mol. The standard InChI is InChI=1S/C14H21BrN2O/c1-10-4-3-6-14(18,8-10)9-17-13-12(15)11(2)5-7-16-13/h5,7,10,18H,3-4,6,8-9H2,1-2H3,(H,16,17). The van der Waals surface area contributed by atoms with Gasteiger partial charge in [-0.15, -0.1) is 0 Å². The van der Waals surface area contributed by atoms with Crippen LogP contribution in [0.3, 0.4) is 0 Å². The third-order valence-electron chi connectivity index (χ3n) is 3.73. The van der Waals surface area contributed by atoms with Crippen LogP contribution in [0.25, 0.3) is 0 Å². The molecule has 0 radical (unpaired) electrons. The van der Waals surface area contributed by atoms with Crippen molar-refractivity contribution in [1.29, 1.82) is 0 Å². The molecule has 1 aromatic rings. The summed E-state index contributed by atoms with van der Waals surface area (Å²) in [6.07, 6.45) is 5.89. The third-order valence-corrected chi connectivity index (χ3v) is 4.74. The van der Waals surface area contributed by atoms with Gasteiger partial charge in [-0.3, -0.25) is 0 Å². The number of pyridine rings is 1. The molecule has 2 unspecified atom stereocenters. The predicted molar refractivity (Wildman–Crippen MR) is 77.7 cm³/mol. The van der Waals surface area contributed by atoms with Crippen molar-refractivity contribution in [2.24, 2.45) is 5.92 Å². The second-order valence-corrected chi connectivity index (χ2v) is 6.36. The number of hydrogen-bond acceptors (Lipinski definition) is 3. The lowest BCUT2D eigenvalue weighted by Gasteiger charge is -2.35. The number of halogens is 1. The molecule has 0 saturated heterocycles. The van der Waals surface area contributed by atoms with Gasteiger partial charge in [-0.2, -0.15) is 0 Å². The summed E-state index contributed by atoms with van der Waals surface area (Å²) >= 11 is 3.53. The van der Waals surface area contributed by atoms with Crippen molar-refractivity contribution in [2.45, 2.75) is 45.1 Å². The second-order valence-electron chi connectivity index (χ2n) is 5.57. The third kappa shape index (κ3) is 3.23. The van der Waals surface area contributed by atoms with Gasteiger partial charge in [0.05, 0.1) is 10.1 Å². The van der Waals surface area contributed by atoms with Gasteiger partial charge in [0.1, 0.15) is 5.82 Å². The van der Waals surface area contributed by atoms with E-state index in [2.05, 4.69) is 33.2 Å². The van der Waals surface area contributed by atoms with Crippen LogP contribution in [0.4, 0.5) is 5.82 Å². The van der Waals surface area contributed by atoms with Gasteiger partial charge in [-0.05, 0) is 53.2 Å². The molecule has 3 nitrogen and oxygen atoms in total. The van der Waals surface area contributed by atoms with E-state index in [0.717, 1.165) is 35.1 Å². The number of aryl methyl sites for hydroxylation is 1. The van der Waals surface area contributed by atoms with Gasteiger partial charge >= 0.3 is 0 Å². The highest BCUT2D eigenvalue weighted by atomic mass is 79.9. The zero-order valence-corrected chi connectivity index (χ0v) is 12.6. The summed E-state index contributed by atoms with van der Waals surface area (Å²) in [5, 5.41) is 13.8. The summed E-state index contributed by atoms with van der Waals surface area (Å²) in [6, 6.07) is 1.96. The molecule has 2 rings (SSSR count). The maximum atomic E-state index is 10.6. The molecular weight excluding hydrogens is 292 g/mol. The number of nitrogens with zero attached hydrogens (tertiary/aromatic N) is 1. The summed E-state index contributed by atoms with van der Waals surface area (Å²) in [4.78, 5) is 4.30. The molecule has 0 aliphatic heterocycles. The quantitative estimate of drug-likeness (QED) is 0.897. The van der Waals surface area contributed by atoms with E-state index in [1.54, 1.807) is 6.20 Å². The summed E-state index contributed by atoms with van der Waals surface area (Å²) in [5.74, 6) is 1.43. The molecule has 1 heterocycles. The maximum absolute atomic E-state index is 10.6. The summed E-state index contributed by atoms with van der Waals surface area (Å²) in [7, 11) is 0. The van der Waals surface area contributed by atoms with Crippen LogP contribution in [0, 0.1) is 12.8 Å². The van der Waals surface area contributed by atoms with Gasteiger partial charge in [0.25, 0.3) is 0 Å². The molecule has 4 heteroatoms. The van der Waals surface area contributed by atoms with E-state index < -0.39 is 5.60 Å². The van der Waals surface area contributed by atoms with Crippen LogP contribution in [-0.4, -0.2) is 22.2 Å². The molecule has 1 aromatic heterocycles. The number of nitrogens with one attached hydrogen (secondary N) is 1. The van der Waals surface area contributed by atoms with Gasteiger partial charge in [0, 0.05) is 12.7 Å². The summed E-state index contributed by atoms with van der Waals surface area (Å²) < 4.78 is 0.984. The highest BCUT2D eigenvalue weighted by Crippen LogP contribution is 2.33. The van der Waals surface area contributed by atoms with Crippen molar-refractivity contribution in [3.05, 3.63) is 22.3 Å². The molecule has 0 spiro atoms. The van der Waals surface area contributed by atoms with Crippen molar-refractivity contribution in [2.75, 3.05) is 11.9 Å². The molecule has 0 amide bonds. The molecule has 2 atom stereocenters. The van der Waals surface area contributed by atoms with Crippen LogP contribution in [0.15, 0.2) is 16.7 Å². The van der Waals surface area contributed by atoms with Crippen LogP contribution in [0.5, 0.6) is 0 Å². The Labute approximate surface area is 117 Å². The minimum Gasteiger partial charge on any atom is -0.388 e. The molecule has 1 aliphatic carbocycles. The van der Waals surface area contributed by atoms with Crippen LogP contribution < -0.4 is 5.32 Å². The van der Waals surface area contributed by atoms with E-state index in [-0.39, 0.29) is 0 Å². The SMILES string of the molecule is Cc1ccnc(NCC2(O)CCCC(C)C2)c1Br.